The summed E-state index contributed by atoms with van der Waals surface area (Å²) in [5.74, 6) is -0.00481. The first-order valence-corrected chi connectivity index (χ1v) is 9.12. The molecular weight excluding hydrogens is 346 g/mol. The summed E-state index contributed by atoms with van der Waals surface area (Å²) in [6.07, 6.45) is 4.13. The van der Waals surface area contributed by atoms with Gasteiger partial charge in [-0.15, -0.1) is 0 Å². The van der Waals surface area contributed by atoms with Gasteiger partial charge in [0.2, 0.25) is 5.91 Å². The van der Waals surface area contributed by atoms with Crippen molar-refractivity contribution in [3.05, 3.63) is 82.6 Å². The molecular formula is C21H22ClN3O. The lowest BCUT2D eigenvalue weighted by atomic mass is 10.1. The van der Waals surface area contributed by atoms with E-state index in [0.717, 1.165) is 29.8 Å². The first-order valence-electron chi connectivity index (χ1n) is 8.74. The number of nitrogens with one attached hydrogen (secondary N) is 1. The van der Waals surface area contributed by atoms with Crippen molar-refractivity contribution < 1.29 is 4.79 Å². The fraction of sp³-hybridized carbons (Fsp3) is 0.238. The fourth-order valence-corrected chi connectivity index (χ4v) is 3.04. The van der Waals surface area contributed by atoms with E-state index >= 15 is 0 Å². The molecule has 0 fully saturated rings. The lowest BCUT2D eigenvalue weighted by molar-refractivity contribution is -0.120. The van der Waals surface area contributed by atoms with Crippen LogP contribution in [0, 0.1) is 6.92 Å². The Kier molecular flexibility index (Phi) is 6.08. The van der Waals surface area contributed by atoms with Crippen LogP contribution in [0.1, 0.15) is 23.2 Å². The molecule has 3 aromatic rings. The van der Waals surface area contributed by atoms with Gasteiger partial charge in [0.05, 0.1) is 17.8 Å². The summed E-state index contributed by atoms with van der Waals surface area (Å²) in [4.78, 5) is 12.0. The van der Waals surface area contributed by atoms with Crippen LogP contribution in [0.2, 0.25) is 5.02 Å². The van der Waals surface area contributed by atoms with Gasteiger partial charge in [-0.05, 0) is 49.1 Å². The minimum Gasteiger partial charge on any atom is -0.356 e. The molecule has 0 bridgehead atoms. The van der Waals surface area contributed by atoms with Crippen LogP contribution in [0.5, 0.6) is 0 Å². The number of para-hydroxylation sites is 1. The SMILES string of the molecule is Cc1nn(-c2ccccc2)cc1CCCNC(=O)Cc1ccccc1Cl. The molecule has 134 valence electrons. The summed E-state index contributed by atoms with van der Waals surface area (Å²) >= 11 is 6.09. The number of nitrogens with zero attached hydrogens (tertiary/aromatic N) is 2. The highest BCUT2D eigenvalue weighted by molar-refractivity contribution is 6.31. The van der Waals surface area contributed by atoms with Gasteiger partial charge in [-0.25, -0.2) is 4.68 Å². The number of carbonyl (C=O) groups excluding carboxylic acids is 1. The van der Waals surface area contributed by atoms with Crippen molar-refractivity contribution in [3.63, 3.8) is 0 Å². The topological polar surface area (TPSA) is 46.9 Å². The van der Waals surface area contributed by atoms with E-state index in [9.17, 15) is 4.79 Å². The highest BCUT2D eigenvalue weighted by Gasteiger charge is 2.08. The second-order valence-corrected chi connectivity index (χ2v) is 6.65. The molecule has 0 unspecified atom stereocenters. The van der Waals surface area contributed by atoms with Crippen LogP contribution in [-0.2, 0) is 17.6 Å². The second kappa shape index (κ2) is 8.68. The quantitative estimate of drug-likeness (QED) is 0.638. The Morgan fingerprint density at radius 3 is 2.58 bits per heavy atom. The van der Waals surface area contributed by atoms with Crippen molar-refractivity contribution >= 4 is 17.5 Å². The fourth-order valence-electron chi connectivity index (χ4n) is 2.84. The van der Waals surface area contributed by atoms with E-state index in [0.29, 0.717) is 18.0 Å². The predicted molar refractivity (Wildman–Crippen MR) is 105 cm³/mol. The van der Waals surface area contributed by atoms with Crippen molar-refractivity contribution in [2.75, 3.05) is 6.54 Å². The first-order chi connectivity index (χ1) is 12.6. The molecule has 0 aliphatic carbocycles. The molecule has 1 aromatic heterocycles. The van der Waals surface area contributed by atoms with Crippen molar-refractivity contribution in [1.29, 1.82) is 0 Å². The summed E-state index contributed by atoms with van der Waals surface area (Å²) in [5.41, 5.74) is 4.13. The van der Waals surface area contributed by atoms with Gasteiger partial charge in [0.25, 0.3) is 0 Å². The van der Waals surface area contributed by atoms with Crippen molar-refractivity contribution in [2.24, 2.45) is 0 Å². The normalized spacial score (nSPS) is 10.7. The number of halogens is 1. The molecule has 5 heteroatoms. The highest BCUT2D eigenvalue weighted by atomic mass is 35.5. The predicted octanol–water partition coefficient (Wildman–Crippen LogP) is 4.13. The van der Waals surface area contributed by atoms with E-state index in [1.54, 1.807) is 6.07 Å². The van der Waals surface area contributed by atoms with E-state index in [4.69, 9.17) is 11.6 Å². The van der Waals surface area contributed by atoms with Crippen LogP contribution in [0.15, 0.2) is 60.8 Å². The maximum absolute atomic E-state index is 12.0. The Hall–Kier alpha value is -2.59. The molecule has 2 aromatic carbocycles. The lowest BCUT2D eigenvalue weighted by Crippen LogP contribution is -2.26. The molecule has 0 saturated heterocycles. The van der Waals surface area contributed by atoms with Crippen LogP contribution >= 0.6 is 11.6 Å². The Balaban J connectivity index is 1.47. The zero-order chi connectivity index (χ0) is 18.4. The number of hydrogen-bond donors (Lipinski definition) is 1. The van der Waals surface area contributed by atoms with Crippen LogP contribution in [0.25, 0.3) is 5.69 Å². The van der Waals surface area contributed by atoms with Crippen LogP contribution < -0.4 is 5.32 Å². The summed E-state index contributed by atoms with van der Waals surface area (Å²) in [7, 11) is 0. The molecule has 1 heterocycles. The number of amides is 1. The number of aromatic nitrogens is 2. The van der Waals surface area contributed by atoms with E-state index in [1.165, 1.54) is 5.56 Å². The third kappa shape index (κ3) is 4.73. The van der Waals surface area contributed by atoms with E-state index in [2.05, 4.69) is 16.6 Å². The van der Waals surface area contributed by atoms with E-state index in [-0.39, 0.29) is 5.91 Å². The molecule has 0 aliphatic heterocycles. The van der Waals surface area contributed by atoms with Crippen LogP contribution in [0.4, 0.5) is 0 Å². The molecule has 3 rings (SSSR count). The lowest BCUT2D eigenvalue weighted by Gasteiger charge is -2.06. The second-order valence-electron chi connectivity index (χ2n) is 6.24. The summed E-state index contributed by atoms with van der Waals surface area (Å²) in [6, 6.07) is 17.5. The standard InChI is InChI=1S/C21H22ClN3O/c1-16-18(15-25(24-16)19-10-3-2-4-11-19)9-7-13-23-21(26)14-17-8-5-6-12-20(17)22/h2-6,8,10-12,15H,7,9,13-14H2,1H3,(H,23,26). The van der Waals surface area contributed by atoms with Crippen LogP contribution in [-0.4, -0.2) is 22.2 Å². The molecule has 0 atom stereocenters. The number of carbonyl (C=O) groups is 1. The van der Waals surface area contributed by atoms with Gasteiger partial charge in [0.1, 0.15) is 0 Å². The molecule has 0 spiro atoms. The van der Waals surface area contributed by atoms with Gasteiger partial charge in [-0.3, -0.25) is 4.79 Å². The Morgan fingerprint density at radius 1 is 1.08 bits per heavy atom. The maximum Gasteiger partial charge on any atom is 0.224 e. The first kappa shape index (κ1) is 18.2. The van der Waals surface area contributed by atoms with E-state index in [1.807, 2.05) is 60.1 Å². The van der Waals surface area contributed by atoms with Gasteiger partial charge >= 0.3 is 0 Å². The van der Waals surface area contributed by atoms with Crippen LogP contribution in [0.3, 0.4) is 0 Å². The molecule has 1 amide bonds. The molecule has 0 radical (unpaired) electrons. The van der Waals surface area contributed by atoms with Gasteiger partial charge < -0.3 is 5.32 Å². The zero-order valence-electron chi connectivity index (χ0n) is 14.8. The molecule has 4 nitrogen and oxygen atoms in total. The van der Waals surface area contributed by atoms with E-state index < -0.39 is 0 Å². The minimum absolute atomic E-state index is 0.00481. The monoisotopic (exact) mass is 367 g/mol. The number of benzene rings is 2. The average Bonchev–Trinajstić information content (AvgIpc) is 3.02. The van der Waals surface area contributed by atoms with Crippen molar-refractivity contribution in [3.8, 4) is 5.69 Å². The molecule has 0 saturated carbocycles. The van der Waals surface area contributed by atoms with Gasteiger partial charge in [-0.2, -0.15) is 5.10 Å². The largest absolute Gasteiger partial charge is 0.356 e. The maximum atomic E-state index is 12.0. The molecule has 1 N–H and O–H groups in total. The summed E-state index contributed by atoms with van der Waals surface area (Å²) < 4.78 is 1.90. The van der Waals surface area contributed by atoms with Crippen molar-refractivity contribution in [1.82, 2.24) is 15.1 Å². The van der Waals surface area contributed by atoms with Gasteiger partial charge in [0, 0.05) is 17.8 Å². The Morgan fingerprint density at radius 2 is 1.81 bits per heavy atom. The third-order valence-electron chi connectivity index (χ3n) is 4.28. The number of rotatable bonds is 7. The van der Waals surface area contributed by atoms with Gasteiger partial charge in [-0.1, -0.05) is 48.0 Å². The highest BCUT2D eigenvalue weighted by Crippen LogP contribution is 2.15. The minimum atomic E-state index is -0.00481. The Bertz CT molecular complexity index is 874. The molecule has 0 aliphatic rings. The summed E-state index contributed by atoms with van der Waals surface area (Å²) in [5, 5.41) is 8.17. The average molecular weight is 368 g/mol. The number of aryl methyl sites for hydroxylation is 2. The van der Waals surface area contributed by atoms with Gasteiger partial charge in [0.15, 0.2) is 0 Å². The number of hydrogen-bond acceptors (Lipinski definition) is 2. The van der Waals surface area contributed by atoms with Crippen molar-refractivity contribution in [2.45, 2.75) is 26.2 Å². The summed E-state index contributed by atoms with van der Waals surface area (Å²) in [6.45, 7) is 2.66. The smallest absolute Gasteiger partial charge is 0.224 e. The zero-order valence-corrected chi connectivity index (χ0v) is 15.5. The Labute approximate surface area is 158 Å². The third-order valence-corrected chi connectivity index (χ3v) is 4.64. The molecule has 26 heavy (non-hydrogen) atoms.